The van der Waals surface area contributed by atoms with Crippen molar-refractivity contribution in [3.05, 3.63) is 35.1 Å². The molecule has 0 heterocycles. The Balaban J connectivity index is 2.51. The molecule has 0 saturated heterocycles. The number of ether oxygens (including phenoxy) is 1. The predicted molar refractivity (Wildman–Crippen MR) is 75.4 cm³/mol. The minimum absolute atomic E-state index is 0.134. The van der Waals surface area contributed by atoms with Gasteiger partial charge >= 0.3 is 6.09 Å². The van der Waals surface area contributed by atoms with Crippen molar-refractivity contribution < 1.29 is 13.9 Å². The van der Waals surface area contributed by atoms with Crippen LogP contribution in [0, 0.1) is 17.7 Å². The number of rotatable bonds is 2. The maximum absolute atomic E-state index is 13.4. The van der Waals surface area contributed by atoms with Crippen molar-refractivity contribution in [3.63, 3.8) is 0 Å². The molecular formula is C15H19FN2O2. The Morgan fingerprint density at radius 1 is 1.45 bits per heavy atom. The first-order valence-electron chi connectivity index (χ1n) is 6.26. The smallest absolute Gasteiger partial charge is 0.408 e. The third-order valence-corrected chi connectivity index (χ3v) is 2.23. The molecular weight excluding hydrogens is 259 g/mol. The summed E-state index contributed by atoms with van der Waals surface area (Å²) in [6, 6.07) is 4.61. The van der Waals surface area contributed by atoms with E-state index in [1.54, 1.807) is 32.9 Å². The first-order valence-corrected chi connectivity index (χ1v) is 6.26. The van der Waals surface area contributed by atoms with Gasteiger partial charge in [0.1, 0.15) is 11.4 Å². The predicted octanol–water partition coefficient (Wildman–Crippen LogP) is 2.16. The lowest BCUT2D eigenvalue weighted by Gasteiger charge is -2.18. The SMILES string of the molecule is CC(C)(C)OC(=O)NCC#Cc1ccc(CN)c(F)c1. The van der Waals surface area contributed by atoms with Crippen LogP contribution in [-0.2, 0) is 11.3 Å². The molecule has 0 unspecified atom stereocenters. The summed E-state index contributed by atoms with van der Waals surface area (Å²) in [5.41, 5.74) is 5.81. The average molecular weight is 278 g/mol. The number of benzene rings is 1. The van der Waals surface area contributed by atoms with Gasteiger partial charge in [0.05, 0.1) is 6.54 Å². The van der Waals surface area contributed by atoms with E-state index in [0.29, 0.717) is 11.1 Å². The van der Waals surface area contributed by atoms with Crippen molar-refractivity contribution in [1.29, 1.82) is 0 Å². The van der Waals surface area contributed by atoms with Crippen LogP contribution >= 0.6 is 0 Å². The van der Waals surface area contributed by atoms with Crippen molar-refractivity contribution >= 4 is 6.09 Å². The molecule has 0 atom stereocenters. The van der Waals surface area contributed by atoms with Crippen LogP contribution in [0.5, 0.6) is 0 Å². The fraction of sp³-hybridized carbons (Fsp3) is 0.400. The van der Waals surface area contributed by atoms with Crippen molar-refractivity contribution in [2.45, 2.75) is 32.9 Å². The standard InChI is InChI=1S/C15H19FN2O2/c1-15(2,3)20-14(19)18-8-4-5-11-6-7-12(10-17)13(16)9-11/h6-7,9H,8,10,17H2,1-3H3,(H,18,19). The Morgan fingerprint density at radius 2 is 2.15 bits per heavy atom. The monoisotopic (exact) mass is 278 g/mol. The van der Waals surface area contributed by atoms with Crippen LogP contribution in [0.25, 0.3) is 0 Å². The normalized spacial score (nSPS) is 10.4. The Labute approximate surface area is 118 Å². The zero-order chi connectivity index (χ0) is 15.2. The topological polar surface area (TPSA) is 64.3 Å². The van der Waals surface area contributed by atoms with Gasteiger partial charge in [0, 0.05) is 17.7 Å². The van der Waals surface area contributed by atoms with E-state index in [0.717, 1.165) is 0 Å². The van der Waals surface area contributed by atoms with Gasteiger partial charge in [0.25, 0.3) is 0 Å². The highest BCUT2D eigenvalue weighted by Gasteiger charge is 2.14. The molecule has 0 aliphatic heterocycles. The van der Waals surface area contributed by atoms with Gasteiger partial charge in [-0.15, -0.1) is 0 Å². The maximum Gasteiger partial charge on any atom is 0.408 e. The lowest BCUT2D eigenvalue weighted by Crippen LogP contribution is -2.32. The number of carbonyl (C=O) groups excluding carboxylic acids is 1. The maximum atomic E-state index is 13.4. The number of hydrogen-bond donors (Lipinski definition) is 2. The quantitative estimate of drug-likeness (QED) is 0.815. The molecule has 1 aromatic rings. The number of nitrogens with one attached hydrogen (secondary N) is 1. The number of alkyl carbamates (subject to hydrolysis) is 1. The minimum Gasteiger partial charge on any atom is -0.444 e. The van der Waals surface area contributed by atoms with E-state index in [2.05, 4.69) is 17.2 Å². The van der Waals surface area contributed by atoms with E-state index in [-0.39, 0.29) is 18.9 Å². The summed E-state index contributed by atoms with van der Waals surface area (Å²) in [6.45, 7) is 5.62. The zero-order valence-corrected chi connectivity index (χ0v) is 11.9. The van der Waals surface area contributed by atoms with Gasteiger partial charge in [-0.2, -0.15) is 0 Å². The van der Waals surface area contributed by atoms with Gasteiger partial charge in [-0.05, 0) is 32.9 Å². The third-order valence-electron chi connectivity index (χ3n) is 2.23. The highest BCUT2D eigenvalue weighted by Crippen LogP contribution is 2.09. The van der Waals surface area contributed by atoms with Crippen molar-refractivity contribution in [3.8, 4) is 11.8 Å². The fourth-order valence-corrected chi connectivity index (χ4v) is 1.37. The number of hydrogen-bond acceptors (Lipinski definition) is 3. The fourth-order valence-electron chi connectivity index (χ4n) is 1.37. The second-order valence-corrected chi connectivity index (χ2v) is 5.17. The molecule has 1 amide bonds. The van der Waals surface area contributed by atoms with E-state index in [1.807, 2.05) is 0 Å². The Morgan fingerprint density at radius 3 is 2.70 bits per heavy atom. The zero-order valence-electron chi connectivity index (χ0n) is 11.9. The van der Waals surface area contributed by atoms with E-state index >= 15 is 0 Å². The lowest BCUT2D eigenvalue weighted by atomic mass is 10.1. The molecule has 3 N–H and O–H groups in total. The van der Waals surface area contributed by atoms with Gasteiger partial charge in [0.2, 0.25) is 0 Å². The molecule has 108 valence electrons. The number of nitrogens with two attached hydrogens (primary N) is 1. The van der Waals surface area contributed by atoms with Gasteiger partial charge in [0.15, 0.2) is 0 Å². The van der Waals surface area contributed by atoms with E-state index < -0.39 is 11.7 Å². The van der Waals surface area contributed by atoms with Crippen LogP contribution < -0.4 is 11.1 Å². The largest absolute Gasteiger partial charge is 0.444 e. The van der Waals surface area contributed by atoms with Crippen LogP contribution in [0.1, 0.15) is 31.9 Å². The molecule has 20 heavy (non-hydrogen) atoms. The molecule has 4 nitrogen and oxygen atoms in total. The summed E-state index contributed by atoms with van der Waals surface area (Å²) in [5, 5.41) is 2.50. The summed E-state index contributed by atoms with van der Waals surface area (Å²) in [4.78, 5) is 11.3. The first-order chi connectivity index (χ1) is 9.31. The average Bonchev–Trinajstić information content (AvgIpc) is 2.33. The Hall–Kier alpha value is -2.06. The summed E-state index contributed by atoms with van der Waals surface area (Å²) in [5.74, 6) is 5.10. The first kappa shape index (κ1) is 16.0. The van der Waals surface area contributed by atoms with Crippen LogP contribution in [0.3, 0.4) is 0 Å². The minimum atomic E-state index is -0.543. The van der Waals surface area contributed by atoms with Crippen molar-refractivity contribution in [2.75, 3.05) is 6.54 Å². The molecule has 0 radical (unpaired) electrons. The van der Waals surface area contributed by atoms with Gasteiger partial charge < -0.3 is 15.8 Å². The molecule has 1 rings (SSSR count). The molecule has 0 aromatic heterocycles. The number of carbonyl (C=O) groups is 1. The second-order valence-electron chi connectivity index (χ2n) is 5.17. The van der Waals surface area contributed by atoms with Gasteiger partial charge in [-0.3, -0.25) is 0 Å². The van der Waals surface area contributed by atoms with Gasteiger partial charge in [-0.25, -0.2) is 9.18 Å². The second kappa shape index (κ2) is 6.92. The molecule has 0 saturated carbocycles. The van der Waals surface area contributed by atoms with E-state index in [1.165, 1.54) is 6.07 Å². The third kappa shape index (κ3) is 5.72. The van der Waals surface area contributed by atoms with Crippen molar-refractivity contribution in [2.24, 2.45) is 5.73 Å². The molecule has 0 aliphatic carbocycles. The number of amides is 1. The van der Waals surface area contributed by atoms with Crippen LogP contribution in [0.15, 0.2) is 18.2 Å². The van der Waals surface area contributed by atoms with E-state index in [4.69, 9.17) is 10.5 Å². The number of halogens is 1. The molecule has 0 spiro atoms. The molecule has 5 heteroatoms. The Kier molecular flexibility index (Phi) is 5.53. The summed E-state index contributed by atoms with van der Waals surface area (Å²) in [7, 11) is 0. The van der Waals surface area contributed by atoms with E-state index in [9.17, 15) is 9.18 Å². The molecule has 0 aliphatic rings. The molecule has 1 aromatic carbocycles. The Bertz CT molecular complexity index is 539. The van der Waals surface area contributed by atoms with Crippen molar-refractivity contribution in [1.82, 2.24) is 5.32 Å². The van der Waals surface area contributed by atoms with Crippen LogP contribution in [-0.4, -0.2) is 18.2 Å². The molecule has 0 fully saturated rings. The highest BCUT2D eigenvalue weighted by molar-refractivity contribution is 5.68. The lowest BCUT2D eigenvalue weighted by molar-refractivity contribution is 0.0535. The van der Waals surface area contributed by atoms with Gasteiger partial charge in [-0.1, -0.05) is 17.9 Å². The van der Waals surface area contributed by atoms with Crippen LogP contribution in [0.4, 0.5) is 9.18 Å². The summed E-state index contributed by atoms with van der Waals surface area (Å²) in [6.07, 6.45) is -0.531. The highest BCUT2D eigenvalue weighted by atomic mass is 19.1. The summed E-state index contributed by atoms with van der Waals surface area (Å²) < 4.78 is 18.5. The summed E-state index contributed by atoms with van der Waals surface area (Å²) >= 11 is 0. The molecule has 0 bridgehead atoms. The van der Waals surface area contributed by atoms with Crippen LogP contribution in [0.2, 0.25) is 0 Å².